The molecule has 0 bridgehead atoms. The molecular weight excluding hydrogens is 378 g/mol. The predicted octanol–water partition coefficient (Wildman–Crippen LogP) is 3.15. The Morgan fingerprint density at radius 2 is 1.93 bits per heavy atom. The number of hydrogen-bond acceptors (Lipinski definition) is 4. The van der Waals surface area contributed by atoms with E-state index in [2.05, 4.69) is 38.1 Å². The molecule has 2 aromatic heterocycles. The van der Waals surface area contributed by atoms with E-state index >= 15 is 0 Å². The molecule has 0 aliphatic heterocycles. The molecule has 156 valence electrons. The lowest BCUT2D eigenvalue weighted by molar-refractivity contribution is -0.121. The van der Waals surface area contributed by atoms with Crippen molar-refractivity contribution in [3.8, 4) is 11.1 Å². The minimum atomic E-state index is -0.187. The fourth-order valence-corrected chi connectivity index (χ4v) is 4.14. The van der Waals surface area contributed by atoms with Crippen molar-refractivity contribution in [2.24, 2.45) is 7.05 Å². The van der Waals surface area contributed by atoms with Crippen LogP contribution in [0, 0.1) is 0 Å². The van der Waals surface area contributed by atoms with Gasteiger partial charge in [0.25, 0.3) is 5.91 Å². The number of aryl methyl sites for hydroxylation is 1. The van der Waals surface area contributed by atoms with Gasteiger partial charge in [-0.2, -0.15) is 0 Å². The molecule has 1 aromatic carbocycles. The quantitative estimate of drug-likeness (QED) is 0.707. The normalized spacial score (nSPS) is 18.5. The summed E-state index contributed by atoms with van der Waals surface area (Å²) in [5.74, 6) is 0.0675. The Balaban J connectivity index is 1.44. The van der Waals surface area contributed by atoms with E-state index in [-0.39, 0.29) is 29.7 Å². The van der Waals surface area contributed by atoms with Crippen LogP contribution in [-0.4, -0.2) is 50.4 Å². The molecule has 30 heavy (non-hydrogen) atoms. The molecule has 1 aliphatic rings. The summed E-state index contributed by atoms with van der Waals surface area (Å²) in [6.07, 6.45) is 8.44. The molecule has 3 aromatic rings. The van der Waals surface area contributed by atoms with Crippen molar-refractivity contribution in [2.45, 2.75) is 44.7 Å². The summed E-state index contributed by atoms with van der Waals surface area (Å²) < 4.78 is 2.08. The average Bonchev–Trinajstić information content (AvgIpc) is 3.39. The molecule has 7 heteroatoms. The number of amides is 2. The summed E-state index contributed by atoms with van der Waals surface area (Å²) >= 11 is 0. The van der Waals surface area contributed by atoms with Crippen molar-refractivity contribution in [3.05, 3.63) is 48.7 Å². The fraction of sp³-hybridized carbons (Fsp3) is 0.391. The highest BCUT2D eigenvalue weighted by atomic mass is 16.2. The molecule has 1 saturated carbocycles. The van der Waals surface area contributed by atoms with Crippen molar-refractivity contribution in [3.63, 3.8) is 0 Å². The number of carbonyl (C=O) groups is 2. The zero-order valence-corrected chi connectivity index (χ0v) is 17.6. The van der Waals surface area contributed by atoms with Crippen molar-refractivity contribution in [1.29, 1.82) is 0 Å². The van der Waals surface area contributed by atoms with Crippen LogP contribution < -0.4 is 5.32 Å². The maximum absolute atomic E-state index is 12.9. The van der Waals surface area contributed by atoms with E-state index in [0.29, 0.717) is 6.42 Å². The zero-order valence-electron chi connectivity index (χ0n) is 17.6. The van der Waals surface area contributed by atoms with Gasteiger partial charge in [-0.3, -0.25) is 9.59 Å². The van der Waals surface area contributed by atoms with E-state index < -0.39 is 0 Å². The van der Waals surface area contributed by atoms with Gasteiger partial charge in [0.15, 0.2) is 0 Å². The maximum atomic E-state index is 12.9. The second-order valence-corrected chi connectivity index (χ2v) is 8.00. The number of nitrogens with zero attached hydrogens (tertiary/aromatic N) is 4. The van der Waals surface area contributed by atoms with Gasteiger partial charge in [0, 0.05) is 67.7 Å². The van der Waals surface area contributed by atoms with E-state index in [4.69, 9.17) is 0 Å². The summed E-state index contributed by atoms with van der Waals surface area (Å²) in [6.45, 7) is 1.84. The van der Waals surface area contributed by atoms with E-state index in [1.165, 1.54) is 0 Å². The second-order valence-electron chi connectivity index (χ2n) is 8.00. The van der Waals surface area contributed by atoms with Gasteiger partial charge in [0.05, 0.1) is 0 Å². The molecule has 2 heterocycles. The van der Waals surface area contributed by atoms with Crippen LogP contribution in [0.4, 0.5) is 0 Å². The standard InChI is InChI=1S/C23H27N5O2/c1-4-21(29)26-18-6-7-19(12-18)28(3)23(30)22-24-13-17(14-25-22)15-5-8-20-16(11-15)9-10-27(20)2/h5,8-11,13-14,18-19H,4,6-7,12H2,1-3H3,(H,26,29)/t18?,19-/m0/s1. The number of carbonyl (C=O) groups excluding carboxylic acids is 2. The molecule has 7 nitrogen and oxygen atoms in total. The molecule has 4 rings (SSSR count). The molecule has 0 radical (unpaired) electrons. The first-order valence-electron chi connectivity index (χ1n) is 10.4. The molecule has 1 aliphatic carbocycles. The topological polar surface area (TPSA) is 80.1 Å². The highest BCUT2D eigenvalue weighted by molar-refractivity contribution is 5.91. The van der Waals surface area contributed by atoms with Crippen LogP contribution in [-0.2, 0) is 11.8 Å². The summed E-state index contributed by atoms with van der Waals surface area (Å²) in [7, 11) is 3.81. The second kappa shape index (κ2) is 8.26. The summed E-state index contributed by atoms with van der Waals surface area (Å²) in [4.78, 5) is 34.8. The molecule has 2 amide bonds. The highest BCUT2D eigenvalue weighted by Gasteiger charge is 2.31. The van der Waals surface area contributed by atoms with E-state index in [1.807, 2.05) is 26.2 Å². The van der Waals surface area contributed by atoms with Gasteiger partial charge in [-0.15, -0.1) is 0 Å². The highest BCUT2D eigenvalue weighted by Crippen LogP contribution is 2.26. The molecule has 1 fully saturated rings. The Bertz CT molecular complexity index is 1070. The Hall–Kier alpha value is -3.22. The van der Waals surface area contributed by atoms with Crippen LogP contribution in [0.2, 0.25) is 0 Å². The van der Waals surface area contributed by atoms with Crippen LogP contribution >= 0.6 is 0 Å². The van der Waals surface area contributed by atoms with Crippen LogP contribution in [0.1, 0.15) is 43.2 Å². The number of nitrogens with one attached hydrogen (secondary N) is 1. The molecule has 1 unspecified atom stereocenters. The van der Waals surface area contributed by atoms with Crippen molar-refractivity contribution in [1.82, 2.24) is 24.8 Å². The van der Waals surface area contributed by atoms with Gasteiger partial charge in [-0.1, -0.05) is 13.0 Å². The smallest absolute Gasteiger partial charge is 0.291 e. The van der Waals surface area contributed by atoms with E-state index in [0.717, 1.165) is 41.3 Å². The molecule has 2 atom stereocenters. The number of rotatable bonds is 5. The lowest BCUT2D eigenvalue weighted by Crippen LogP contribution is -2.38. The average molecular weight is 406 g/mol. The van der Waals surface area contributed by atoms with Crippen molar-refractivity contribution < 1.29 is 9.59 Å². The van der Waals surface area contributed by atoms with Gasteiger partial charge >= 0.3 is 0 Å². The minimum absolute atomic E-state index is 0.0576. The first-order chi connectivity index (χ1) is 14.5. The molecule has 1 N–H and O–H groups in total. The van der Waals surface area contributed by atoms with E-state index in [9.17, 15) is 9.59 Å². The van der Waals surface area contributed by atoms with Crippen molar-refractivity contribution >= 4 is 22.7 Å². The van der Waals surface area contributed by atoms with Gasteiger partial charge in [-0.25, -0.2) is 9.97 Å². The number of aromatic nitrogens is 3. The first-order valence-corrected chi connectivity index (χ1v) is 10.4. The minimum Gasteiger partial charge on any atom is -0.353 e. The van der Waals surface area contributed by atoms with Gasteiger partial charge < -0.3 is 14.8 Å². The van der Waals surface area contributed by atoms with Crippen LogP contribution in [0.5, 0.6) is 0 Å². The molecular formula is C23H27N5O2. The Labute approximate surface area is 176 Å². The largest absolute Gasteiger partial charge is 0.353 e. The Kier molecular flexibility index (Phi) is 5.53. The van der Waals surface area contributed by atoms with Crippen LogP contribution in [0.3, 0.4) is 0 Å². The third-order valence-corrected chi connectivity index (χ3v) is 6.02. The van der Waals surface area contributed by atoms with Gasteiger partial charge in [0.1, 0.15) is 0 Å². The number of benzene rings is 1. The SMILES string of the molecule is CCC(=O)NC1CC[C@H](N(C)C(=O)c2ncc(-c3ccc4c(ccn4C)c3)cn2)C1. The number of fused-ring (bicyclic) bond motifs is 1. The van der Waals surface area contributed by atoms with E-state index in [1.54, 1.807) is 24.3 Å². The van der Waals surface area contributed by atoms with Gasteiger partial charge in [0.2, 0.25) is 11.7 Å². The number of hydrogen-bond donors (Lipinski definition) is 1. The summed E-state index contributed by atoms with van der Waals surface area (Å²) in [5.41, 5.74) is 3.06. The lowest BCUT2D eigenvalue weighted by atomic mass is 10.1. The fourth-order valence-electron chi connectivity index (χ4n) is 4.14. The maximum Gasteiger partial charge on any atom is 0.291 e. The summed E-state index contributed by atoms with van der Waals surface area (Å²) in [5, 5.41) is 4.18. The Morgan fingerprint density at radius 3 is 2.67 bits per heavy atom. The van der Waals surface area contributed by atoms with Gasteiger partial charge in [-0.05, 0) is 43.0 Å². The predicted molar refractivity (Wildman–Crippen MR) is 116 cm³/mol. The summed E-state index contributed by atoms with van der Waals surface area (Å²) in [6, 6.07) is 8.51. The molecule has 0 spiro atoms. The van der Waals surface area contributed by atoms with Crippen LogP contribution in [0.25, 0.3) is 22.0 Å². The first kappa shape index (κ1) is 20.1. The third-order valence-electron chi connectivity index (χ3n) is 6.02. The monoisotopic (exact) mass is 405 g/mol. The van der Waals surface area contributed by atoms with Crippen molar-refractivity contribution in [2.75, 3.05) is 7.05 Å². The third kappa shape index (κ3) is 3.92. The zero-order chi connectivity index (χ0) is 21.3. The molecule has 0 saturated heterocycles. The Morgan fingerprint density at radius 1 is 1.17 bits per heavy atom. The lowest BCUT2D eigenvalue weighted by Gasteiger charge is -2.24. The van der Waals surface area contributed by atoms with Crippen LogP contribution in [0.15, 0.2) is 42.9 Å².